The van der Waals surface area contributed by atoms with Gasteiger partial charge in [0.2, 0.25) is 0 Å². The molecule has 0 spiro atoms. The Morgan fingerprint density at radius 3 is 2.43 bits per heavy atom. The number of ether oxygens (including phenoxy) is 1. The number of aromatic nitrogens is 2. The normalized spacial score (nSPS) is 13.5. The quantitative estimate of drug-likeness (QED) is 0.168. The van der Waals surface area contributed by atoms with Crippen molar-refractivity contribution in [2.75, 3.05) is 11.9 Å². The van der Waals surface area contributed by atoms with E-state index >= 15 is 0 Å². The molecule has 0 aliphatic carbocycles. The number of para-hydroxylation sites is 2. The van der Waals surface area contributed by atoms with E-state index < -0.39 is 0 Å². The van der Waals surface area contributed by atoms with Crippen LogP contribution >= 0.6 is 0 Å². The fourth-order valence-electron chi connectivity index (χ4n) is 5.84. The van der Waals surface area contributed by atoms with Gasteiger partial charge in [-0.3, -0.25) is 0 Å². The molecule has 0 atom stereocenters. The largest absolute Gasteiger partial charge is 0.510 e. The van der Waals surface area contributed by atoms with Crippen molar-refractivity contribution in [1.82, 2.24) is 14.5 Å². The molecule has 0 amide bonds. The molecule has 6 nitrogen and oxygen atoms in total. The van der Waals surface area contributed by atoms with Gasteiger partial charge in [-0.05, 0) is 70.9 Å². The smallest absolute Gasteiger partial charge is 0.135 e. The van der Waals surface area contributed by atoms with Crippen LogP contribution in [-0.2, 0) is 26.5 Å². The number of benzene rings is 4. The Morgan fingerprint density at radius 2 is 1.64 bits per heavy atom. The molecule has 0 unspecified atom stereocenters. The first-order valence-electron chi connectivity index (χ1n) is 14.3. The van der Waals surface area contributed by atoms with Crippen molar-refractivity contribution >= 4 is 49.4 Å². The van der Waals surface area contributed by atoms with E-state index in [1.54, 1.807) is 0 Å². The van der Waals surface area contributed by atoms with Gasteiger partial charge in [0.15, 0.2) is 0 Å². The predicted octanol–water partition coefficient (Wildman–Crippen LogP) is 9.11. The fraction of sp³-hybridized carbons (Fsp3) is 0.135. The van der Waals surface area contributed by atoms with E-state index in [2.05, 4.69) is 86.0 Å². The van der Waals surface area contributed by atoms with Crippen LogP contribution in [0.1, 0.15) is 26.3 Å². The zero-order valence-electron chi connectivity index (χ0n) is 24.7. The molecule has 44 heavy (non-hydrogen) atoms. The summed E-state index contributed by atoms with van der Waals surface area (Å²) < 4.78 is 15.1. The zero-order chi connectivity index (χ0) is 29.3. The number of pyridine rings is 1. The monoisotopic (exact) mass is 756 g/mol. The van der Waals surface area contributed by atoms with Gasteiger partial charge in [0.05, 0.1) is 0 Å². The van der Waals surface area contributed by atoms with E-state index in [0.717, 1.165) is 55.2 Å². The minimum absolute atomic E-state index is 0. The van der Waals surface area contributed by atoms with Gasteiger partial charge in [0, 0.05) is 49.9 Å². The average Bonchev–Trinajstić information content (AvgIpc) is 3.70. The van der Waals surface area contributed by atoms with Gasteiger partial charge < -0.3 is 23.5 Å². The third-order valence-corrected chi connectivity index (χ3v) is 8.02. The summed E-state index contributed by atoms with van der Waals surface area (Å²) in [6.07, 6.45) is 5.86. The van der Waals surface area contributed by atoms with Crippen LogP contribution in [0.3, 0.4) is 0 Å². The zero-order valence-corrected chi connectivity index (χ0v) is 27.0. The van der Waals surface area contributed by atoms with Crippen LogP contribution < -0.4 is 9.64 Å². The molecule has 1 aliphatic heterocycles. The molecule has 222 valence electrons. The number of nitrogens with zero attached hydrogens (tertiary/aromatic N) is 4. The maximum Gasteiger partial charge on any atom is 0.135 e. The molecule has 7 aromatic rings. The van der Waals surface area contributed by atoms with E-state index in [-0.39, 0.29) is 26.5 Å². The minimum atomic E-state index is -0.00913. The number of anilines is 1. The number of hydrogen-bond donors (Lipinski definition) is 0. The molecule has 0 N–H and O–H groups in total. The van der Waals surface area contributed by atoms with Crippen LogP contribution in [0.5, 0.6) is 11.5 Å². The molecule has 0 radical (unpaired) electrons. The molecule has 4 aromatic carbocycles. The summed E-state index contributed by atoms with van der Waals surface area (Å²) in [6.45, 7) is 8.64. The molecule has 0 saturated heterocycles. The molecule has 3 aromatic heterocycles. The third-order valence-electron chi connectivity index (χ3n) is 8.02. The third kappa shape index (κ3) is 4.65. The molecule has 0 fully saturated rings. The van der Waals surface area contributed by atoms with Crippen molar-refractivity contribution in [1.29, 1.82) is 0 Å². The van der Waals surface area contributed by atoms with E-state index in [1.165, 1.54) is 5.56 Å². The average molecular weight is 757 g/mol. The molecule has 0 bridgehead atoms. The number of rotatable bonds is 4. The van der Waals surface area contributed by atoms with Crippen LogP contribution in [0.15, 0.2) is 102 Å². The van der Waals surface area contributed by atoms with Crippen molar-refractivity contribution in [3.05, 3.63) is 122 Å². The second-order valence-electron chi connectivity index (χ2n) is 12.0. The standard InChI is InChI=1S/C37H29N4O2.Pt/c1-37(2,3)24-15-16-38-35(19-24)41-30-11-7-5-9-27(30)28-14-13-26(22-31(28)41)42-33-20-25(40-18-17-39(4)23-40)21-34-36(33)29-10-6-8-12-32(29)43-34;/h5-19,21,23H,1-4H3;/q-3;. The number of fused-ring (bicyclic) bond motifs is 6. The maximum absolute atomic E-state index is 6.68. The van der Waals surface area contributed by atoms with E-state index in [1.807, 2.05) is 72.4 Å². The molecule has 4 heterocycles. The van der Waals surface area contributed by atoms with Crippen LogP contribution in [0.4, 0.5) is 5.69 Å². The van der Waals surface area contributed by atoms with Gasteiger partial charge in [-0.25, -0.2) is 4.98 Å². The summed E-state index contributed by atoms with van der Waals surface area (Å²) in [4.78, 5) is 8.79. The van der Waals surface area contributed by atoms with Gasteiger partial charge in [0.1, 0.15) is 11.4 Å². The van der Waals surface area contributed by atoms with Crippen molar-refractivity contribution in [3.8, 4) is 17.3 Å². The Kier molecular flexibility index (Phi) is 6.78. The molecule has 7 heteroatoms. The van der Waals surface area contributed by atoms with Crippen LogP contribution in [0.25, 0.3) is 49.6 Å². The van der Waals surface area contributed by atoms with E-state index in [0.29, 0.717) is 11.5 Å². The topological polar surface area (TPSA) is 46.7 Å². The molecule has 0 saturated carbocycles. The second kappa shape index (κ2) is 10.6. The van der Waals surface area contributed by atoms with Crippen molar-refractivity contribution in [2.24, 2.45) is 0 Å². The Bertz CT molecular complexity index is 2220. The predicted molar refractivity (Wildman–Crippen MR) is 172 cm³/mol. The summed E-state index contributed by atoms with van der Waals surface area (Å²) in [5, 5.41) is 4.08. The van der Waals surface area contributed by atoms with Crippen LogP contribution in [-0.4, -0.2) is 21.5 Å². The summed E-state index contributed by atoms with van der Waals surface area (Å²) in [6, 6.07) is 33.9. The molecular formula is C37H29N4O2Pt-3. The first-order valence-corrected chi connectivity index (χ1v) is 14.3. The van der Waals surface area contributed by atoms with Gasteiger partial charge in [-0.1, -0.05) is 68.4 Å². The first kappa shape index (κ1) is 28.2. The molecular weight excluding hydrogens is 728 g/mol. The van der Waals surface area contributed by atoms with Gasteiger partial charge in [-0.15, -0.1) is 29.7 Å². The summed E-state index contributed by atoms with van der Waals surface area (Å²) in [7, 11) is 1.99. The van der Waals surface area contributed by atoms with Crippen molar-refractivity contribution in [3.63, 3.8) is 0 Å². The van der Waals surface area contributed by atoms with Crippen molar-refractivity contribution in [2.45, 2.75) is 26.2 Å². The Hall–Kier alpha value is -4.54. The van der Waals surface area contributed by atoms with Crippen LogP contribution in [0, 0.1) is 18.8 Å². The minimum Gasteiger partial charge on any atom is -0.510 e. The van der Waals surface area contributed by atoms with Gasteiger partial charge >= 0.3 is 0 Å². The molecule has 1 aliphatic rings. The first-order chi connectivity index (χ1) is 20.8. The van der Waals surface area contributed by atoms with Gasteiger partial charge in [0.25, 0.3) is 0 Å². The maximum atomic E-state index is 6.68. The van der Waals surface area contributed by atoms with Gasteiger partial charge in [-0.2, -0.15) is 12.7 Å². The van der Waals surface area contributed by atoms with Crippen LogP contribution in [0.2, 0.25) is 0 Å². The summed E-state index contributed by atoms with van der Waals surface area (Å²) >= 11 is 0. The Morgan fingerprint density at radius 1 is 0.841 bits per heavy atom. The Balaban J connectivity index is 0.00000312. The fourth-order valence-corrected chi connectivity index (χ4v) is 5.84. The van der Waals surface area contributed by atoms with E-state index in [9.17, 15) is 0 Å². The summed E-state index contributed by atoms with van der Waals surface area (Å²) in [5.74, 6) is 2.02. The Labute approximate surface area is 270 Å². The second-order valence-corrected chi connectivity index (χ2v) is 12.0. The van der Waals surface area contributed by atoms with E-state index in [4.69, 9.17) is 14.1 Å². The number of hydrogen-bond acceptors (Lipinski definition) is 5. The van der Waals surface area contributed by atoms with Crippen molar-refractivity contribution < 1.29 is 30.2 Å². The number of furan rings is 1. The summed E-state index contributed by atoms with van der Waals surface area (Å²) in [5.41, 5.74) is 5.54. The molecule has 8 rings (SSSR count). The SMILES string of the molecule is CN1C=CN(c2[c-]c(Oc3[c-]c4c(cc3)c3ccccc3n4-c3cc(C(C)(C)C)ccn3)c3c(c2)oc2ccccc23)[CH-]1.[Pt].